The lowest BCUT2D eigenvalue weighted by molar-refractivity contribution is 0.0696. The highest BCUT2D eigenvalue weighted by atomic mass is 79.9. The first kappa shape index (κ1) is 13.0. The fourth-order valence-corrected chi connectivity index (χ4v) is 1.97. The number of aromatic carboxylic acids is 1. The summed E-state index contributed by atoms with van der Waals surface area (Å²) in [5, 5.41) is 13.6. The molecule has 0 spiro atoms. The number of pyridine rings is 1. The normalized spacial score (nSPS) is 10.7. The standard InChI is InChI=1S/C11H9BrClN3O2/c1-5-9(12)6(2)16(15-5)10-7(11(17)18)3-4-8(13)14-10/h3-4H,1-2H3,(H,17,18). The smallest absolute Gasteiger partial charge is 0.339 e. The molecule has 0 aliphatic heterocycles. The highest BCUT2D eigenvalue weighted by Crippen LogP contribution is 2.24. The summed E-state index contributed by atoms with van der Waals surface area (Å²) in [5.74, 6) is -0.862. The number of halogens is 2. The van der Waals surface area contributed by atoms with Crippen LogP contribution in [0.5, 0.6) is 0 Å². The number of rotatable bonds is 2. The lowest BCUT2D eigenvalue weighted by Crippen LogP contribution is -2.10. The Hall–Kier alpha value is -1.40. The number of carboxylic acids is 1. The molecule has 0 atom stereocenters. The average molecular weight is 331 g/mol. The van der Waals surface area contributed by atoms with E-state index in [0.717, 1.165) is 15.9 Å². The molecule has 2 rings (SSSR count). The second kappa shape index (κ2) is 4.70. The van der Waals surface area contributed by atoms with Gasteiger partial charge >= 0.3 is 5.97 Å². The minimum atomic E-state index is -1.07. The molecular weight excluding hydrogens is 321 g/mol. The number of carboxylic acid groups (broad SMARTS) is 1. The van der Waals surface area contributed by atoms with Gasteiger partial charge in [-0.25, -0.2) is 14.5 Å². The van der Waals surface area contributed by atoms with Crippen molar-refractivity contribution in [3.63, 3.8) is 0 Å². The van der Waals surface area contributed by atoms with E-state index in [0.29, 0.717) is 0 Å². The van der Waals surface area contributed by atoms with E-state index < -0.39 is 5.97 Å². The van der Waals surface area contributed by atoms with Crippen LogP contribution in [0.15, 0.2) is 16.6 Å². The topological polar surface area (TPSA) is 68.0 Å². The van der Waals surface area contributed by atoms with Crippen molar-refractivity contribution in [2.75, 3.05) is 0 Å². The van der Waals surface area contributed by atoms with Crippen LogP contribution >= 0.6 is 27.5 Å². The van der Waals surface area contributed by atoms with Gasteiger partial charge in [-0.05, 0) is 41.9 Å². The maximum Gasteiger partial charge on any atom is 0.339 e. The number of carbonyl (C=O) groups is 1. The van der Waals surface area contributed by atoms with Crippen LogP contribution in [-0.2, 0) is 0 Å². The highest BCUT2D eigenvalue weighted by molar-refractivity contribution is 9.10. The third-order valence-electron chi connectivity index (χ3n) is 2.48. The molecule has 2 heterocycles. The van der Waals surface area contributed by atoms with Crippen molar-refractivity contribution in [2.24, 2.45) is 0 Å². The van der Waals surface area contributed by atoms with Crippen molar-refractivity contribution in [1.29, 1.82) is 0 Å². The minimum absolute atomic E-state index is 0.0532. The lowest BCUT2D eigenvalue weighted by Gasteiger charge is -2.07. The predicted octanol–water partition coefficient (Wildman–Crippen LogP) is 3.00. The van der Waals surface area contributed by atoms with Crippen LogP contribution < -0.4 is 0 Å². The van der Waals surface area contributed by atoms with Crippen LogP contribution in [0, 0.1) is 13.8 Å². The Labute approximate surface area is 117 Å². The third-order valence-corrected chi connectivity index (χ3v) is 3.83. The van der Waals surface area contributed by atoms with Gasteiger partial charge in [0.2, 0.25) is 0 Å². The molecule has 0 aliphatic rings. The summed E-state index contributed by atoms with van der Waals surface area (Å²) in [6.45, 7) is 3.64. The fourth-order valence-electron chi connectivity index (χ4n) is 1.58. The summed E-state index contributed by atoms with van der Waals surface area (Å²) < 4.78 is 2.29. The molecule has 0 bridgehead atoms. The Morgan fingerprint density at radius 3 is 2.61 bits per heavy atom. The van der Waals surface area contributed by atoms with Crippen LogP contribution in [0.3, 0.4) is 0 Å². The molecular formula is C11H9BrClN3O2. The van der Waals surface area contributed by atoms with Gasteiger partial charge in [0, 0.05) is 0 Å². The van der Waals surface area contributed by atoms with E-state index in [1.54, 1.807) is 0 Å². The van der Waals surface area contributed by atoms with E-state index in [1.807, 2.05) is 13.8 Å². The molecule has 0 unspecified atom stereocenters. The van der Waals surface area contributed by atoms with E-state index in [-0.39, 0.29) is 16.5 Å². The predicted molar refractivity (Wildman–Crippen MR) is 70.5 cm³/mol. The Bertz CT molecular complexity index is 639. The zero-order valence-electron chi connectivity index (χ0n) is 9.61. The molecule has 2 aromatic rings. The van der Waals surface area contributed by atoms with E-state index in [2.05, 4.69) is 26.0 Å². The molecule has 94 valence electrons. The summed E-state index contributed by atoms with van der Waals surface area (Å²) in [6.07, 6.45) is 0. The largest absolute Gasteiger partial charge is 0.478 e. The zero-order chi connectivity index (χ0) is 13.4. The summed E-state index contributed by atoms with van der Waals surface area (Å²) in [5.41, 5.74) is 1.58. The van der Waals surface area contributed by atoms with Gasteiger partial charge in [0.25, 0.3) is 0 Å². The van der Waals surface area contributed by atoms with Gasteiger partial charge in [-0.1, -0.05) is 11.6 Å². The van der Waals surface area contributed by atoms with E-state index in [1.165, 1.54) is 16.8 Å². The van der Waals surface area contributed by atoms with Crippen molar-refractivity contribution in [3.05, 3.63) is 38.7 Å². The molecule has 0 aliphatic carbocycles. The first-order valence-electron chi connectivity index (χ1n) is 5.03. The SMILES string of the molecule is Cc1nn(-c2nc(Cl)ccc2C(=O)O)c(C)c1Br. The maximum atomic E-state index is 11.2. The summed E-state index contributed by atoms with van der Waals surface area (Å²) in [4.78, 5) is 15.2. The maximum absolute atomic E-state index is 11.2. The Kier molecular flexibility index (Phi) is 3.41. The Morgan fingerprint density at radius 1 is 1.44 bits per heavy atom. The second-order valence-corrected chi connectivity index (χ2v) is 4.89. The first-order valence-corrected chi connectivity index (χ1v) is 6.21. The first-order chi connectivity index (χ1) is 8.41. The van der Waals surface area contributed by atoms with Gasteiger partial charge in [-0.15, -0.1) is 0 Å². The number of aryl methyl sites for hydroxylation is 1. The highest BCUT2D eigenvalue weighted by Gasteiger charge is 2.18. The van der Waals surface area contributed by atoms with Crippen molar-refractivity contribution in [2.45, 2.75) is 13.8 Å². The van der Waals surface area contributed by atoms with Crippen LogP contribution in [0.25, 0.3) is 5.82 Å². The zero-order valence-corrected chi connectivity index (χ0v) is 11.9. The van der Waals surface area contributed by atoms with Crippen LogP contribution in [-0.4, -0.2) is 25.8 Å². The minimum Gasteiger partial charge on any atom is -0.478 e. The van der Waals surface area contributed by atoms with Gasteiger partial charge in [0.1, 0.15) is 10.7 Å². The Morgan fingerprint density at radius 2 is 2.11 bits per heavy atom. The molecule has 1 N–H and O–H groups in total. The Balaban J connectivity index is 2.73. The van der Waals surface area contributed by atoms with Gasteiger partial charge in [0.05, 0.1) is 15.9 Å². The van der Waals surface area contributed by atoms with Gasteiger partial charge in [-0.3, -0.25) is 0 Å². The molecule has 0 fully saturated rings. The van der Waals surface area contributed by atoms with E-state index in [9.17, 15) is 4.79 Å². The van der Waals surface area contributed by atoms with Gasteiger partial charge < -0.3 is 5.11 Å². The van der Waals surface area contributed by atoms with Crippen molar-refractivity contribution in [3.8, 4) is 5.82 Å². The molecule has 2 aromatic heterocycles. The molecule has 0 saturated heterocycles. The average Bonchev–Trinajstić information content (AvgIpc) is 2.56. The van der Waals surface area contributed by atoms with Crippen LogP contribution in [0.2, 0.25) is 5.15 Å². The van der Waals surface area contributed by atoms with Crippen molar-refractivity contribution in [1.82, 2.24) is 14.8 Å². The molecule has 0 amide bonds. The molecule has 0 saturated carbocycles. The van der Waals surface area contributed by atoms with Gasteiger partial charge in [0.15, 0.2) is 5.82 Å². The molecule has 5 nitrogen and oxygen atoms in total. The summed E-state index contributed by atoms with van der Waals surface area (Å²) in [6, 6.07) is 2.85. The van der Waals surface area contributed by atoms with Crippen molar-refractivity contribution < 1.29 is 9.90 Å². The number of hydrogen-bond acceptors (Lipinski definition) is 3. The summed E-state index contributed by atoms with van der Waals surface area (Å²) in [7, 11) is 0. The summed E-state index contributed by atoms with van der Waals surface area (Å²) >= 11 is 9.20. The van der Waals surface area contributed by atoms with Gasteiger partial charge in [-0.2, -0.15) is 5.10 Å². The molecule has 18 heavy (non-hydrogen) atoms. The second-order valence-electron chi connectivity index (χ2n) is 3.71. The van der Waals surface area contributed by atoms with Crippen LogP contribution in [0.1, 0.15) is 21.7 Å². The third kappa shape index (κ3) is 2.13. The van der Waals surface area contributed by atoms with E-state index >= 15 is 0 Å². The monoisotopic (exact) mass is 329 g/mol. The number of hydrogen-bond donors (Lipinski definition) is 1. The lowest BCUT2D eigenvalue weighted by atomic mass is 10.2. The molecule has 0 radical (unpaired) electrons. The quantitative estimate of drug-likeness (QED) is 0.860. The number of aromatic nitrogens is 3. The molecule has 0 aromatic carbocycles. The molecule has 7 heteroatoms. The fraction of sp³-hybridized carbons (Fsp3) is 0.182. The number of nitrogens with zero attached hydrogens (tertiary/aromatic N) is 3. The van der Waals surface area contributed by atoms with Crippen molar-refractivity contribution >= 4 is 33.5 Å². The van der Waals surface area contributed by atoms with E-state index in [4.69, 9.17) is 16.7 Å². The van der Waals surface area contributed by atoms with Crippen LogP contribution in [0.4, 0.5) is 0 Å².